The van der Waals surface area contributed by atoms with E-state index in [1.165, 1.54) is 23.3 Å². The number of likely N-dealkylation sites (N-methyl/N-ethyl adjacent to an activating group) is 1. The van der Waals surface area contributed by atoms with Crippen LogP contribution in [0.3, 0.4) is 0 Å². The molecule has 0 amide bonds. The molecule has 1 fully saturated rings. The second-order valence-corrected chi connectivity index (χ2v) is 7.01. The molecule has 1 aromatic heterocycles. The molecule has 1 saturated heterocycles. The van der Waals surface area contributed by atoms with E-state index in [1.54, 1.807) is 26.4 Å². The molecule has 0 saturated carbocycles. The molecule has 2 heterocycles. The Morgan fingerprint density at radius 3 is 2.75 bits per heavy atom. The van der Waals surface area contributed by atoms with Crippen LogP contribution in [0.1, 0.15) is 12.8 Å². The Kier molecular flexibility index (Phi) is 4.95. The molecule has 1 N–H and O–H groups in total. The van der Waals surface area contributed by atoms with Crippen LogP contribution >= 0.6 is 0 Å². The van der Waals surface area contributed by atoms with E-state index in [2.05, 4.69) is 15.2 Å². The second kappa shape index (κ2) is 6.51. The van der Waals surface area contributed by atoms with E-state index >= 15 is 0 Å². The molecule has 7 heteroatoms. The molecular formula is C13H22N4O2S. The van der Waals surface area contributed by atoms with Gasteiger partial charge in [0, 0.05) is 39.6 Å². The Labute approximate surface area is 120 Å². The highest BCUT2D eigenvalue weighted by molar-refractivity contribution is 7.89. The smallest absolute Gasteiger partial charge is 0.246 e. The highest BCUT2D eigenvalue weighted by Crippen LogP contribution is 2.22. The van der Waals surface area contributed by atoms with E-state index in [1.807, 2.05) is 0 Å². The fourth-order valence-corrected chi connectivity index (χ4v) is 3.67. The number of nitrogens with zero attached hydrogens (tertiary/aromatic N) is 3. The first kappa shape index (κ1) is 15.2. The Morgan fingerprint density at radius 1 is 1.40 bits per heavy atom. The van der Waals surface area contributed by atoms with Crippen molar-refractivity contribution in [1.29, 1.82) is 0 Å². The molecule has 20 heavy (non-hydrogen) atoms. The van der Waals surface area contributed by atoms with Gasteiger partial charge in [0.25, 0.3) is 0 Å². The van der Waals surface area contributed by atoms with Crippen LogP contribution in [0.2, 0.25) is 0 Å². The maximum absolute atomic E-state index is 12.5. The van der Waals surface area contributed by atoms with Gasteiger partial charge in [0.05, 0.1) is 5.69 Å². The molecule has 0 bridgehead atoms. The number of rotatable bonds is 6. The van der Waals surface area contributed by atoms with Crippen molar-refractivity contribution in [2.45, 2.75) is 17.7 Å². The van der Waals surface area contributed by atoms with E-state index in [0.29, 0.717) is 12.2 Å². The summed E-state index contributed by atoms with van der Waals surface area (Å²) in [5.74, 6) is 0. The monoisotopic (exact) mass is 298 g/mol. The molecular weight excluding hydrogens is 276 g/mol. The van der Waals surface area contributed by atoms with Crippen LogP contribution in [-0.4, -0.2) is 62.9 Å². The Bertz CT molecular complexity index is 541. The minimum absolute atomic E-state index is 0.228. The van der Waals surface area contributed by atoms with Crippen molar-refractivity contribution in [3.63, 3.8) is 0 Å². The fraction of sp³-hybridized carbons (Fsp3) is 0.615. The van der Waals surface area contributed by atoms with Gasteiger partial charge in [0.15, 0.2) is 0 Å². The molecule has 1 aromatic rings. The number of anilines is 1. The first-order valence-corrected chi connectivity index (χ1v) is 8.30. The molecule has 0 aromatic carbocycles. The normalized spacial score (nSPS) is 16.8. The van der Waals surface area contributed by atoms with Crippen LogP contribution in [0, 0.1) is 0 Å². The molecule has 0 atom stereocenters. The molecule has 112 valence electrons. The summed E-state index contributed by atoms with van der Waals surface area (Å²) in [6, 6.07) is 1.67. The number of nitrogens with one attached hydrogen (secondary N) is 1. The fourth-order valence-electron chi connectivity index (χ4n) is 2.37. The number of pyridine rings is 1. The maximum atomic E-state index is 12.5. The van der Waals surface area contributed by atoms with Gasteiger partial charge >= 0.3 is 0 Å². The number of hydrogen-bond acceptors (Lipinski definition) is 5. The SMILES string of the molecule is CNc1ccncc1S(=O)(=O)N(C)CCN1CCCC1. The van der Waals surface area contributed by atoms with Crippen molar-refractivity contribution >= 4 is 15.7 Å². The van der Waals surface area contributed by atoms with E-state index in [0.717, 1.165) is 19.6 Å². The number of hydrogen-bond donors (Lipinski definition) is 1. The summed E-state index contributed by atoms with van der Waals surface area (Å²) in [6.45, 7) is 3.43. The third-order valence-corrected chi connectivity index (χ3v) is 5.56. The lowest BCUT2D eigenvalue weighted by atomic mass is 10.4. The lowest BCUT2D eigenvalue weighted by Crippen LogP contribution is -2.35. The standard InChI is InChI=1S/C13H22N4O2S/c1-14-12-5-6-15-11-13(12)20(18,19)16(2)9-10-17-7-3-4-8-17/h5-6,11H,3-4,7-10H2,1-2H3,(H,14,15). The third-order valence-electron chi connectivity index (χ3n) is 3.67. The van der Waals surface area contributed by atoms with Crippen LogP contribution in [0.25, 0.3) is 0 Å². The molecule has 0 unspecified atom stereocenters. The quantitative estimate of drug-likeness (QED) is 0.843. The van der Waals surface area contributed by atoms with Crippen LogP contribution in [-0.2, 0) is 10.0 Å². The predicted octanol–water partition coefficient (Wildman–Crippen LogP) is 0.840. The van der Waals surface area contributed by atoms with Crippen LogP contribution in [0.5, 0.6) is 0 Å². The van der Waals surface area contributed by atoms with Gasteiger partial charge in [-0.3, -0.25) is 4.98 Å². The average molecular weight is 298 g/mol. The van der Waals surface area contributed by atoms with Gasteiger partial charge in [-0.2, -0.15) is 4.31 Å². The van der Waals surface area contributed by atoms with Crippen molar-refractivity contribution in [1.82, 2.24) is 14.2 Å². The Hall–Kier alpha value is -1.18. The van der Waals surface area contributed by atoms with E-state index < -0.39 is 10.0 Å². The minimum atomic E-state index is -3.49. The third kappa shape index (κ3) is 3.28. The number of aromatic nitrogens is 1. The van der Waals surface area contributed by atoms with Crippen molar-refractivity contribution < 1.29 is 8.42 Å². The summed E-state index contributed by atoms with van der Waals surface area (Å²) in [7, 11) is -0.162. The molecule has 0 spiro atoms. The van der Waals surface area contributed by atoms with Gasteiger partial charge in [-0.25, -0.2) is 8.42 Å². The van der Waals surface area contributed by atoms with Crippen molar-refractivity contribution in [2.24, 2.45) is 0 Å². The summed E-state index contributed by atoms with van der Waals surface area (Å²) in [4.78, 5) is 6.45. The molecule has 0 aliphatic carbocycles. The predicted molar refractivity (Wildman–Crippen MR) is 79.3 cm³/mol. The lowest BCUT2D eigenvalue weighted by Gasteiger charge is -2.22. The van der Waals surface area contributed by atoms with Gasteiger partial charge in [0.1, 0.15) is 4.90 Å². The van der Waals surface area contributed by atoms with Gasteiger partial charge in [-0.1, -0.05) is 0 Å². The lowest BCUT2D eigenvalue weighted by molar-refractivity contribution is 0.310. The summed E-state index contributed by atoms with van der Waals surface area (Å²) < 4.78 is 26.5. The summed E-state index contributed by atoms with van der Waals surface area (Å²) in [5, 5.41) is 2.90. The summed E-state index contributed by atoms with van der Waals surface area (Å²) in [5.41, 5.74) is 0.577. The first-order chi connectivity index (χ1) is 9.55. The Balaban J connectivity index is 2.08. The van der Waals surface area contributed by atoms with Crippen molar-refractivity contribution in [3.8, 4) is 0 Å². The summed E-state index contributed by atoms with van der Waals surface area (Å²) >= 11 is 0. The zero-order valence-electron chi connectivity index (χ0n) is 12.0. The minimum Gasteiger partial charge on any atom is -0.387 e. The van der Waals surface area contributed by atoms with E-state index in [9.17, 15) is 8.42 Å². The topological polar surface area (TPSA) is 65.5 Å². The average Bonchev–Trinajstić information content (AvgIpc) is 2.97. The second-order valence-electron chi connectivity index (χ2n) is 5.00. The van der Waals surface area contributed by atoms with Gasteiger partial charge in [-0.15, -0.1) is 0 Å². The van der Waals surface area contributed by atoms with E-state index in [4.69, 9.17) is 0 Å². The molecule has 6 nitrogen and oxygen atoms in total. The van der Waals surface area contributed by atoms with Gasteiger partial charge in [-0.05, 0) is 32.0 Å². The van der Waals surface area contributed by atoms with Crippen molar-refractivity contribution in [3.05, 3.63) is 18.5 Å². The first-order valence-electron chi connectivity index (χ1n) is 6.86. The molecule has 1 aliphatic heterocycles. The van der Waals surface area contributed by atoms with Gasteiger partial charge in [0.2, 0.25) is 10.0 Å². The van der Waals surface area contributed by atoms with Crippen LogP contribution in [0.4, 0.5) is 5.69 Å². The van der Waals surface area contributed by atoms with Crippen molar-refractivity contribution in [2.75, 3.05) is 45.6 Å². The molecule has 1 aliphatic rings. The summed E-state index contributed by atoms with van der Waals surface area (Å²) in [6.07, 6.45) is 5.40. The zero-order valence-corrected chi connectivity index (χ0v) is 12.9. The van der Waals surface area contributed by atoms with Gasteiger partial charge < -0.3 is 10.2 Å². The molecule has 0 radical (unpaired) electrons. The van der Waals surface area contributed by atoms with Crippen LogP contribution in [0.15, 0.2) is 23.4 Å². The highest BCUT2D eigenvalue weighted by Gasteiger charge is 2.24. The molecule has 2 rings (SSSR count). The largest absolute Gasteiger partial charge is 0.387 e. The Morgan fingerprint density at radius 2 is 2.10 bits per heavy atom. The maximum Gasteiger partial charge on any atom is 0.246 e. The van der Waals surface area contributed by atoms with Crippen LogP contribution < -0.4 is 5.32 Å². The number of likely N-dealkylation sites (tertiary alicyclic amines) is 1. The zero-order chi connectivity index (χ0) is 14.6. The highest BCUT2D eigenvalue weighted by atomic mass is 32.2. The number of sulfonamides is 1. The van der Waals surface area contributed by atoms with E-state index in [-0.39, 0.29) is 4.90 Å².